The van der Waals surface area contributed by atoms with Gasteiger partial charge < -0.3 is 5.73 Å². The van der Waals surface area contributed by atoms with Crippen LogP contribution < -0.4 is 11.2 Å². The molecule has 3 N–H and O–H groups in total. The summed E-state index contributed by atoms with van der Waals surface area (Å²) in [5.41, 5.74) is 10.9. The normalized spacial score (nSPS) is 15.8. The van der Waals surface area contributed by atoms with Crippen molar-refractivity contribution in [2.45, 2.75) is 19.4 Å². The summed E-state index contributed by atoms with van der Waals surface area (Å²) < 4.78 is 0. The summed E-state index contributed by atoms with van der Waals surface area (Å²) in [6, 6.07) is 8.38. The van der Waals surface area contributed by atoms with Gasteiger partial charge in [0.2, 0.25) is 5.13 Å². The topological polar surface area (TPSA) is 66.5 Å². The number of benzene rings is 1. The lowest BCUT2D eigenvalue weighted by Gasteiger charge is -2.15. The molecule has 2 heterocycles. The van der Waals surface area contributed by atoms with E-state index in [0.29, 0.717) is 10.9 Å². The maximum atomic E-state index is 5.58. The molecule has 0 aliphatic carbocycles. The van der Waals surface area contributed by atoms with Crippen LogP contribution in [0.5, 0.6) is 0 Å². The van der Waals surface area contributed by atoms with Crippen molar-refractivity contribution >= 4 is 28.5 Å². The fourth-order valence-corrected chi connectivity index (χ4v) is 3.03. The Morgan fingerprint density at radius 3 is 2.90 bits per heavy atom. The van der Waals surface area contributed by atoms with Gasteiger partial charge in [-0.25, -0.2) is 4.98 Å². The van der Waals surface area contributed by atoms with Gasteiger partial charge in [-0.3, -0.25) is 10.3 Å². The predicted molar refractivity (Wildman–Crippen MR) is 88.7 cm³/mol. The monoisotopic (exact) mass is 301 g/mol. The molecule has 0 amide bonds. The van der Waals surface area contributed by atoms with Crippen LogP contribution in [0.3, 0.4) is 0 Å². The molecule has 0 saturated carbocycles. The van der Waals surface area contributed by atoms with Crippen LogP contribution in [0.25, 0.3) is 0 Å². The number of nitrogens with zero attached hydrogens (tertiary/aromatic N) is 3. The molecule has 0 bridgehead atoms. The van der Waals surface area contributed by atoms with Crippen LogP contribution in [0.4, 0.5) is 10.9 Å². The third-order valence-electron chi connectivity index (χ3n) is 3.53. The quantitative estimate of drug-likeness (QED) is 0.658. The molecule has 1 aromatic carbocycles. The van der Waals surface area contributed by atoms with Crippen LogP contribution in [0.1, 0.15) is 24.0 Å². The Labute approximate surface area is 128 Å². The van der Waals surface area contributed by atoms with Crippen LogP contribution in [0.2, 0.25) is 0 Å². The molecule has 1 aliphatic heterocycles. The van der Waals surface area contributed by atoms with E-state index in [2.05, 4.69) is 38.6 Å². The van der Waals surface area contributed by atoms with Gasteiger partial charge in [0.05, 0.1) is 6.21 Å². The van der Waals surface area contributed by atoms with Gasteiger partial charge in [-0.1, -0.05) is 24.3 Å². The molecular formula is C15H19N5S. The van der Waals surface area contributed by atoms with Crippen molar-refractivity contribution in [1.29, 1.82) is 0 Å². The standard InChI is InChI=1S/C15H19N5S/c16-14-11-21-15(18-14)19-17-9-12-5-1-2-6-13(12)10-20-7-3-4-8-20/h1-2,5-6,9,11H,3-4,7-8,10,16H2,(H,18,19). The molecule has 1 aromatic heterocycles. The molecule has 1 saturated heterocycles. The zero-order chi connectivity index (χ0) is 14.5. The Hall–Kier alpha value is -1.92. The Morgan fingerprint density at radius 1 is 1.33 bits per heavy atom. The Balaban J connectivity index is 1.66. The number of nitrogens with two attached hydrogens (primary N) is 1. The van der Waals surface area contributed by atoms with Gasteiger partial charge in [0.1, 0.15) is 5.82 Å². The number of likely N-dealkylation sites (tertiary alicyclic amines) is 1. The molecule has 0 unspecified atom stereocenters. The summed E-state index contributed by atoms with van der Waals surface area (Å²) in [4.78, 5) is 6.60. The molecule has 0 spiro atoms. The van der Waals surface area contributed by atoms with E-state index in [1.54, 1.807) is 5.38 Å². The van der Waals surface area contributed by atoms with Crippen molar-refractivity contribution in [2.24, 2.45) is 5.10 Å². The largest absolute Gasteiger partial charge is 0.383 e. The molecule has 0 radical (unpaired) electrons. The van der Waals surface area contributed by atoms with Gasteiger partial charge in [0, 0.05) is 11.9 Å². The van der Waals surface area contributed by atoms with E-state index in [0.717, 1.165) is 12.1 Å². The summed E-state index contributed by atoms with van der Waals surface area (Å²) in [7, 11) is 0. The van der Waals surface area contributed by atoms with Crippen molar-refractivity contribution in [3.8, 4) is 0 Å². The number of nitrogens with one attached hydrogen (secondary N) is 1. The number of hydrogen-bond acceptors (Lipinski definition) is 6. The number of rotatable bonds is 5. The summed E-state index contributed by atoms with van der Waals surface area (Å²) >= 11 is 1.45. The fraction of sp³-hybridized carbons (Fsp3) is 0.333. The fourth-order valence-electron chi connectivity index (χ4n) is 2.48. The van der Waals surface area contributed by atoms with Gasteiger partial charge in [0.15, 0.2) is 0 Å². The summed E-state index contributed by atoms with van der Waals surface area (Å²) in [6.07, 6.45) is 4.47. The molecule has 110 valence electrons. The van der Waals surface area contributed by atoms with E-state index < -0.39 is 0 Å². The first-order valence-electron chi connectivity index (χ1n) is 7.11. The van der Waals surface area contributed by atoms with Crippen LogP contribution in [-0.2, 0) is 6.54 Å². The smallest absolute Gasteiger partial charge is 0.205 e. The second kappa shape index (κ2) is 6.69. The zero-order valence-electron chi connectivity index (χ0n) is 11.8. The number of hydrazone groups is 1. The van der Waals surface area contributed by atoms with Gasteiger partial charge in [-0.2, -0.15) is 5.10 Å². The van der Waals surface area contributed by atoms with E-state index >= 15 is 0 Å². The van der Waals surface area contributed by atoms with Crippen LogP contribution >= 0.6 is 11.3 Å². The first kappa shape index (κ1) is 14.0. The van der Waals surface area contributed by atoms with Crippen molar-refractivity contribution in [1.82, 2.24) is 9.88 Å². The summed E-state index contributed by atoms with van der Waals surface area (Å²) in [5, 5.41) is 6.76. The number of nitrogen functional groups attached to an aromatic ring is 1. The minimum absolute atomic E-state index is 0.520. The van der Waals surface area contributed by atoms with Gasteiger partial charge in [-0.05, 0) is 37.1 Å². The van der Waals surface area contributed by atoms with Crippen molar-refractivity contribution in [2.75, 3.05) is 24.2 Å². The van der Waals surface area contributed by atoms with E-state index in [1.807, 2.05) is 12.3 Å². The second-order valence-corrected chi connectivity index (χ2v) is 5.99. The maximum Gasteiger partial charge on any atom is 0.205 e. The molecule has 5 nitrogen and oxygen atoms in total. The Morgan fingerprint density at radius 2 is 2.14 bits per heavy atom. The van der Waals surface area contributed by atoms with Gasteiger partial charge in [-0.15, -0.1) is 11.3 Å². The van der Waals surface area contributed by atoms with E-state index in [-0.39, 0.29) is 0 Å². The number of anilines is 2. The Kier molecular flexibility index (Phi) is 4.47. The summed E-state index contributed by atoms with van der Waals surface area (Å²) in [5.74, 6) is 0.520. The minimum Gasteiger partial charge on any atom is -0.383 e. The average molecular weight is 301 g/mol. The molecule has 0 atom stereocenters. The zero-order valence-corrected chi connectivity index (χ0v) is 12.6. The minimum atomic E-state index is 0.520. The lowest BCUT2D eigenvalue weighted by molar-refractivity contribution is 0.331. The van der Waals surface area contributed by atoms with Crippen molar-refractivity contribution in [3.05, 3.63) is 40.8 Å². The molecule has 2 aromatic rings. The van der Waals surface area contributed by atoms with Gasteiger partial charge >= 0.3 is 0 Å². The highest BCUT2D eigenvalue weighted by Gasteiger charge is 2.12. The maximum absolute atomic E-state index is 5.58. The van der Waals surface area contributed by atoms with Gasteiger partial charge in [0.25, 0.3) is 0 Å². The lowest BCUT2D eigenvalue weighted by Crippen LogP contribution is -2.19. The Bertz CT molecular complexity index is 616. The third-order valence-corrected chi connectivity index (χ3v) is 4.30. The highest BCUT2D eigenvalue weighted by molar-refractivity contribution is 7.14. The van der Waals surface area contributed by atoms with Crippen molar-refractivity contribution < 1.29 is 0 Å². The number of thiazole rings is 1. The molecule has 1 fully saturated rings. The van der Waals surface area contributed by atoms with E-state index in [9.17, 15) is 0 Å². The number of hydrogen-bond donors (Lipinski definition) is 2. The van der Waals surface area contributed by atoms with E-state index in [4.69, 9.17) is 5.73 Å². The van der Waals surface area contributed by atoms with Crippen LogP contribution in [0, 0.1) is 0 Å². The molecule has 3 rings (SSSR count). The predicted octanol–water partition coefficient (Wildman–Crippen LogP) is 2.77. The average Bonchev–Trinajstić information content (AvgIpc) is 3.13. The highest BCUT2D eigenvalue weighted by atomic mass is 32.1. The third kappa shape index (κ3) is 3.80. The van der Waals surface area contributed by atoms with Crippen LogP contribution in [-0.4, -0.2) is 29.2 Å². The van der Waals surface area contributed by atoms with E-state index in [1.165, 1.54) is 42.8 Å². The molecule has 6 heteroatoms. The molecule has 21 heavy (non-hydrogen) atoms. The second-order valence-electron chi connectivity index (χ2n) is 5.13. The molecular weight excluding hydrogens is 282 g/mol. The lowest BCUT2D eigenvalue weighted by atomic mass is 10.1. The number of aromatic nitrogens is 1. The molecule has 1 aliphatic rings. The first-order chi connectivity index (χ1) is 10.3. The summed E-state index contributed by atoms with van der Waals surface area (Å²) in [6.45, 7) is 3.39. The highest BCUT2D eigenvalue weighted by Crippen LogP contribution is 2.17. The van der Waals surface area contributed by atoms with Crippen LogP contribution in [0.15, 0.2) is 34.7 Å². The first-order valence-corrected chi connectivity index (χ1v) is 7.99. The SMILES string of the molecule is Nc1csc(NN=Cc2ccccc2CN2CCCC2)n1. The van der Waals surface area contributed by atoms with Crippen molar-refractivity contribution in [3.63, 3.8) is 0 Å².